The number of aliphatic imine (C=N–C) groups is 2. The number of hydrogen-bond donors (Lipinski definition) is 0. The molecular weight excluding hydrogens is 520 g/mol. The van der Waals surface area contributed by atoms with Crippen LogP contribution in [0.5, 0.6) is 0 Å². The molecule has 0 radical (unpaired) electrons. The van der Waals surface area contributed by atoms with Crippen molar-refractivity contribution < 1.29 is 0 Å². The Kier molecular flexibility index (Phi) is 15.5. The SMILES string of the molecule is CCCCCCc1c(CC)cc(N=C(C)C=Nc2cc(CCCC)c(-c3ccccc3)c(CCCC)c2)cc1CCCC. The first-order valence-electron chi connectivity index (χ1n) is 17.5. The van der Waals surface area contributed by atoms with Crippen LogP contribution >= 0.6 is 0 Å². The Hall–Kier alpha value is -3.00. The van der Waals surface area contributed by atoms with Crippen molar-refractivity contribution in [1.82, 2.24) is 0 Å². The summed E-state index contributed by atoms with van der Waals surface area (Å²) in [5, 5.41) is 0. The number of nitrogens with zero attached hydrogens (tertiary/aromatic N) is 2. The summed E-state index contributed by atoms with van der Waals surface area (Å²) in [7, 11) is 0. The molecule has 0 spiro atoms. The molecule has 0 aliphatic carbocycles. The van der Waals surface area contributed by atoms with Gasteiger partial charge >= 0.3 is 0 Å². The Balaban J connectivity index is 1.95. The van der Waals surface area contributed by atoms with Gasteiger partial charge in [0.15, 0.2) is 0 Å². The summed E-state index contributed by atoms with van der Waals surface area (Å²) in [6, 6.07) is 20.3. The van der Waals surface area contributed by atoms with Crippen molar-refractivity contribution in [2.75, 3.05) is 0 Å². The highest BCUT2D eigenvalue weighted by Gasteiger charge is 2.13. The highest BCUT2D eigenvalue weighted by molar-refractivity contribution is 6.30. The average Bonchev–Trinajstić information content (AvgIpc) is 3.03. The Morgan fingerprint density at radius 3 is 1.72 bits per heavy atom. The lowest BCUT2D eigenvalue weighted by molar-refractivity contribution is 0.660. The van der Waals surface area contributed by atoms with E-state index in [1.165, 1.54) is 104 Å². The van der Waals surface area contributed by atoms with E-state index in [1.54, 1.807) is 5.56 Å². The van der Waals surface area contributed by atoms with Gasteiger partial charge in [0.25, 0.3) is 0 Å². The normalized spacial score (nSPS) is 12.0. The zero-order chi connectivity index (χ0) is 30.9. The molecule has 0 fully saturated rings. The minimum atomic E-state index is 0.955. The number of unbranched alkanes of at least 4 members (excludes halogenated alkanes) is 6. The van der Waals surface area contributed by atoms with E-state index < -0.39 is 0 Å². The molecule has 0 bridgehead atoms. The van der Waals surface area contributed by atoms with E-state index >= 15 is 0 Å². The van der Waals surface area contributed by atoms with Crippen LogP contribution in [0.3, 0.4) is 0 Å². The fraction of sp³-hybridized carbons (Fsp3) is 0.512. The largest absolute Gasteiger partial charge is 0.255 e. The molecule has 0 aromatic heterocycles. The number of benzene rings is 3. The zero-order valence-corrected chi connectivity index (χ0v) is 28.3. The first kappa shape index (κ1) is 34.5. The smallest absolute Gasteiger partial charge is 0.0639 e. The van der Waals surface area contributed by atoms with E-state index in [0.29, 0.717) is 0 Å². The zero-order valence-electron chi connectivity index (χ0n) is 28.3. The summed E-state index contributed by atoms with van der Waals surface area (Å²) in [4.78, 5) is 10.1. The van der Waals surface area contributed by atoms with E-state index in [2.05, 4.69) is 96.1 Å². The predicted molar refractivity (Wildman–Crippen MR) is 192 cm³/mol. The van der Waals surface area contributed by atoms with Gasteiger partial charge in [-0.05, 0) is 128 Å². The standard InChI is InChI=1S/C41H58N2/c1-7-12-16-20-26-40-33(11-5)27-39(28-35(40)21-13-8-2)43-32(6)31-42-38-29-36(22-14-9-3)41(34-24-18-17-19-25-34)37(30-38)23-15-10-4/h17-19,24-25,27-31H,7-16,20-23,26H2,1-6H3. The molecule has 3 rings (SSSR count). The van der Waals surface area contributed by atoms with Crippen LogP contribution in [0.15, 0.2) is 64.6 Å². The summed E-state index contributed by atoms with van der Waals surface area (Å²) in [5.41, 5.74) is 13.3. The van der Waals surface area contributed by atoms with Crippen LogP contribution in [0.4, 0.5) is 11.4 Å². The molecule has 43 heavy (non-hydrogen) atoms. The molecule has 2 nitrogen and oxygen atoms in total. The first-order chi connectivity index (χ1) is 21.0. The van der Waals surface area contributed by atoms with Crippen LogP contribution in [0, 0.1) is 0 Å². The fourth-order valence-electron chi connectivity index (χ4n) is 6.13. The minimum Gasteiger partial charge on any atom is -0.255 e. The van der Waals surface area contributed by atoms with Gasteiger partial charge in [0.05, 0.1) is 17.1 Å². The van der Waals surface area contributed by atoms with Crippen molar-refractivity contribution in [1.29, 1.82) is 0 Å². The van der Waals surface area contributed by atoms with Crippen molar-refractivity contribution in [3.05, 3.63) is 82.4 Å². The maximum atomic E-state index is 5.08. The summed E-state index contributed by atoms with van der Waals surface area (Å²) in [6.07, 6.45) is 20.0. The monoisotopic (exact) mass is 578 g/mol. The second kappa shape index (κ2) is 19.3. The fourth-order valence-corrected chi connectivity index (χ4v) is 6.13. The Morgan fingerprint density at radius 1 is 0.581 bits per heavy atom. The third kappa shape index (κ3) is 10.9. The van der Waals surface area contributed by atoms with Crippen LogP contribution in [0.25, 0.3) is 11.1 Å². The van der Waals surface area contributed by atoms with Crippen molar-refractivity contribution in [3.63, 3.8) is 0 Å². The van der Waals surface area contributed by atoms with Crippen molar-refractivity contribution >= 4 is 23.3 Å². The van der Waals surface area contributed by atoms with E-state index in [-0.39, 0.29) is 0 Å². The summed E-state index contributed by atoms with van der Waals surface area (Å²) >= 11 is 0. The highest BCUT2D eigenvalue weighted by Crippen LogP contribution is 2.34. The molecule has 0 saturated carbocycles. The first-order valence-corrected chi connectivity index (χ1v) is 17.5. The molecular formula is C41H58N2. The van der Waals surface area contributed by atoms with Gasteiger partial charge in [0.1, 0.15) is 0 Å². The van der Waals surface area contributed by atoms with Crippen LogP contribution in [0.1, 0.15) is 134 Å². The van der Waals surface area contributed by atoms with E-state index in [4.69, 9.17) is 9.98 Å². The van der Waals surface area contributed by atoms with Gasteiger partial charge in [0.2, 0.25) is 0 Å². The molecule has 3 aromatic carbocycles. The van der Waals surface area contributed by atoms with Crippen LogP contribution in [0.2, 0.25) is 0 Å². The maximum Gasteiger partial charge on any atom is 0.0639 e. The van der Waals surface area contributed by atoms with Gasteiger partial charge in [-0.15, -0.1) is 0 Å². The van der Waals surface area contributed by atoms with Crippen molar-refractivity contribution in [2.24, 2.45) is 9.98 Å². The molecule has 3 aromatic rings. The van der Waals surface area contributed by atoms with Gasteiger partial charge < -0.3 is 0 Å². The van der Waals surface area contributed by atoms with E-state index in [9.17, 15) is 0 Å². The molecule has 0 N–H and O–H groups in total. The molecule has 0 aliphatic rings. The molecule has 0 unspecified atom stereocenters. The van der Waals surface area contributed by atoms with Gasteiger partial charge in [-0.1, -0.05) is 103 Å². The van der Waals surface area contributed by atoms with Crippen LogP contribution in [-0.4, -0.2) is 11.9 Å². The third-order valence-corrected chi connectivity index (χ3v) is 8.53. The van der Waals surface area contributed by atoms with Crippen molar-refractivity contribution in [3.8, 4) is 11.1 Å². The molecule has 2 heteroatoms. The molecule has 0 saturated heterocycles. The van der Waals surface area contributed by atoms with Crippen LogP contribution in [-0.2, 0) is 32.1 Å². The lowest BCUT2D eigenvalue weighted by Gasteiger charge is -2.17. The molecule has 0 atom stereocenters. The quantitative estimate of drug-likeness (QED) is 0.0998. The number of rotatable bonds is 19. The second-order valence-corrected chi connectivity index (χ2v) is 12.2. The molecule has 0 heterocycles. The Labute approximate surface area is 264 Å². The summed E-state index contributed by atoms with van der Waals surface area (Å²) < 4.78 is 0. The molecule has 232 valence electrons. The van der Waals surface area contributed by atoms with Gasteiger partial charge in [-0.3, -0.25) is 9.98 Å². The summed E-state index contributed by atoms with van der Waals surface area (Å²) in [6.45, 7) is 13.5. The van der Waals surface area contributed by atoms with Gasteiger partial charge in [0, 0.05) is 6.21 Å². The van der Waals surface area contributed by atoms with Crippen LogP contribution < -0.4 is 0 Å². The Bertz CT molecular complexity index is 1270. The molecule has 0 aliphatic heterocycles. The lowest BCUT2D eigenvalue weighted by Crippen LogP contribution is -2.02. The van der Waals surface area contributed by atoms with Gasteiger partial charge in [-0.25, -0.2) is 0 Å². The van der Waals surface area contributed by atoms with Gasteiger partial charge in [-0.2, -0.15) is 0 Å². The average molecular weight is 579 g/mol. The second-order valence-electron chi connectivity index (χ2n) is 12.2. The Morgan fingerprint density at radius 2 is 1.14 bits per heavy atom. The minimum absolute atomic E-state index is 0.955. The molecule has 0 amide bonds. The number of aryl methyl sites for hydroxylation is 4. The lowest BCUT2D eigenvalue weighted by atomic mass is 9.89. The summed E-state index contributed by atoms with van der Waals surface area (Å²) in [5.74, 6) is 0. The maximum absolute atomic E-state index is 5.08. The number of hydrogen-bond acceptors (Lipinski definition) is 2. The van der Waals surface area contributed by atoms with E-state index in [0.717, 1.165) is 42.8 Å². The highest BCUT2D eigenvalue weighted by atomic mass is 14.8. The van der Waals surface area contributed by atoms with E-state index in [1.807, 2.05) is 6.21 Å². The predicted octanol–water partition coefficient (Wildman–Crippen LogP) is 12.6. The van der Waals surface area contributed by atoms with Crippen molar-refractivity contribution in [2.45, 2.75) is 138 Å². The third-order valence-electron chi connectivity index (χ3n) is 8.53. The topological polar surface area (TPSA) is 24.7 Å².